The van der Waals surface area contributed by atoms with Gasteiger partial charge in [-0.25, -0.2) is 4.79 Å². The molecule has 1 aromatic rings. The van der Waals surface area contributed by atoms with Gasteiger partial charge >= 0.3 is 5.97 Å². The summed E-state index contributed by atoms with van der Waals surface area (Å²) in [5.41, 5.74) is 1.85. The normalized spacial score (nSPS) is 11.8. The van der Waals surface area contributed by atoms with Crippen molar-refractivity contribution in [3.8, 4) is 5.75 Å². The summed E-state index contributed by atoms with van der Waals surface area (Å²) >= 11 is 5.99. The minimum Gasteiger partial charge on any atom is -0.495 e. The maximum atomic E-state index is 10.3. The highest BCUT2D eigenvalue weighted by Gasteiger charge is 2.02. The Bertz CT molecular complexity index is 476. The number of hydrogen-bond donors (Lipinski definition) is 1. The number of carboxylic acid groups (broad SMARTS) is 1. The molecule has 3 nitrogen and oxygen atoms in total. The Kier molecular flexibility index (Phi) is 4.79. The van der Waals surface area contributed by atoms with Gasteiger partial charge in [-0.2, -0.15) is 0 Å². The van der Waals surface area contributed by atoms with Gasteiger partial charge in [-0.05, 0) is 30.2 Å². The molecule has 17 heavy (non-hydrogen) atoms. The summed E-state index contributed by atoms with van der Waals surface area (Å²) in [6.45, 7) is 1.88. The Hall–Kier alpha value is -1.74. The average molecular weight is 253 g/mol. The van der Waals surface area contributed by atoms with E-state index in [1.807, 2.05) is 13.0 Å². The van der Waals surface area contributed by atoms with Crippen molar-refractivity contribution in [3.63, 3.8) is 0 Å². The first-order valence-corrected chi connectivity index (χ1v) is 5.34. The van der Waals surface area contributed by atoms with Crippen LogP contribution >= 0.6 is 11.6 Å². The van der Waals surface area contributed by atoms with Crippen LogP contribution in [0.2, 0.25) is 5.02 Å². The van der Waals surface area contributed by atoms with Gasteiger partial charge in [-0.3, -0.25) is 0 Å². The minimum absolute atomic E-state index is 0.528. The molecule has 0 unspecified atom stereocenters. The molecule has 0 heterocycles. The van der Waals surface area contributed by atoms with Crippen LogP contribution in [-0.4, -0.2) is 18.2 Å². The van der Waals surface area contributed by atoms with Gasteiger partial charge in [-0.15, -0.1) is 0 Å². The van der Waals surface area contributed by atoms with Gasteiger partial charge in [0.25, 0.3) is 0 Å². The number of carbonyl (C=O) groups is 1. The lowest BCUT2D eigenvalue weighted by Crippen LogP contribution is -1.87. The summed E-state index contributed by atoms with van der Waals surface area (Å²) in [5, 5.41) is 8.98. The first kappa shape index (κ1) is 13.3. The number of rotatable bonds is 4. The molecule has 4 heteroatoms. The second-order valence-electron chi connectivity index (χ2n) is 3.40. The van der Waals surface area contributed by atoms with E-state index in [9.17, 15) is 4.79 Å². The van der Waals surface area contributed by atoms with Crippen LogP contribution in [0.4, 0.5) is 0 Å². The highest BCUT2D eigenvalue weighted by atomic mass is 35.5. The second kappa shape index (κ2) is 6.11. The summed E-state index contributed by atoms with van der Waals surface area (Å²) in [4.78, 5) is 10.3. The maximum absolute atomic E-state index is 10.3. The third-order valence-corrected chi connectivity index (χ3v) is 2.49. The molecule has 1 rings (SSSR count). The molecule has 1 N–H and O–H groups in total. The summed E-state index contributed by atoms with van der Waals surface area (Å²) in [6.07, 6.45) is 4.27. The first-order chi connectivity index (χ1) is 8.04. The number of carboxylic acids is 1. The lowest BCUT2D eigenvalue weighted by molar-refractivity contribution is -0.131. The van der Waals surface area contributed by atoms with Crippen molar-refractivity contribution in [2.75, 3.05) is 7.11 Å². The number of hydrogen-bond acceptors (Lipinski definition) is 2. The number of aliphatic carboxylic acids is 1. The fourth-order valence-corrected chi connectivity index (χ4v) is 1.54. The number of benzene rings is 1. The molecule has 0 aliphatic rings. The Morgan fingerprint density at radius 1 is 1.47 bits per heavy atom. The van der Waals surface area contributed by atoms with Crippen LogP contribution < -0.4 is 4.74 Å². The van der Waals surface area contributed by atoms with E-state index < -0.39 is 5.97 Å². The molecule has 0 amide bonds. The van der Waals surface area contributed by atoms with E-state index in [0.717, 1.165) is 17.2 Å². The van der Waals surface area contributed by atoms with Gasteiger partial charge < -0.3 is 9.84 Å². The topological polar surface area (TPSA) is 46.5 Å². The van der Waals surface area contributed by atoms with Crippen LogP contribution in [0.25, 0.3) is 5.57 Å². The number of halogens is 1. The van der Waals surface area contributed by atoms with Crippen LogP contribution in [0.1, 0.15) is 12.5 Å². The van der Waals surface area contributed by atoms with Crippen LogP contribution in [0, 0.1) is 0 Å². The second-order valence-corrected chi connectivity index (χ2v) is 3.80. The first-order valence-electron chi connectivity index (χ1n) is 4.96. The number of ether oxygens (including phenoxy) is 1. The van der Waals surface area contributed by atoms with E-state index >= 15 is 0 Å². The molecule has 0 aliphatic heterocycles. The monoisotopic (exact) mass is 252 g/mol. The molecule has 0 aromatic heterocycles. The predicted molar refractivity (Wildman–Crippen MR) is 68.4 cm³/mol. The van der Waals surface area contributed by atoms with Gasteiger partial charge in [0.2, 0.25) is 0 Å². The van der Waals surface area contributed by atoms with Crippen LogP contribution in [0.15, 0.2) is 36.4 Å². The Morgan fingerprint density at radius 2 is 2.18 bits per heavy atom. The summed E-state index contributed by atoms with van der Waals surface area (Å²) in [6, 6.07) is 5.42. The van der Waals surface area contributed by atoms with Crippen molar-refractivity contribution in [3.05, 3.63) is 47.0 Å². The van der Waals surface area contributed by atoms with Crippen LogP contribution in [0.3, 0.4) is 0 Å². The van der Waals surface area contributed by atoms with Crippen LogP contribution in [0.5, 0.6) is 5.75 Å². The van der Waals surface area contributed by atoms with E-state index in [1.165, 1.54) is 6.08 Å². The van der Waals surface area contributed by atoms with Gasteiger partial charge in [0.15, 0.2) is 0 Å². The zero-order chi connectivity index (χ0) is 12.8. The lowest BCUT2D eigenvalue weighted by Gasteiger charge is -2.05. The van der Waals surface area contributed by atoms with Crippen molar-refractivity contribution < 1.29 is 14.6 Å². The Labute approximate surface area is 105 Å². The lowest BCUT2D eigenvalue weighted by atomic mass is 10.1. The van der Waals surface area contributed by atoms with E-state index in [2.05, 4.69) is 0 Å². The standard InChI is InChI=1S/C13H13ClO3/c1-9(4-3-5-13(15)16)10-6-7-12(17-2)11(14)8-10/h3-8H,1-2H3,(H,15,16)/b5-3+,9-4+. The highest BCUT2D eigenvalue weighted by Crippen LogP contribution is 2.27. The molecule has 0 saturated carbocycles. The van der Waals surface area contributed by atoms with Gasteiger partial charge in [0.05, 0.1) is 12.1 Å². The number of allylic oxidation sites excluding steroid dienone is 3. The highest BCUT2D eigenvalue weighted by molar-refractivity contribution is 6.32. The molecule has 0 saturated heterocycles. The fraction of sp³-hybridized carbons (Fsp3) is 0.154. The molecule has 0 bridgehead atoms. The van der Waals surface area contributed by atoms with Crippen molar-refractivity contribution in [2.24, 2.45) is 0 Å². The zero-order valence-electron chi connectivity index (χ0n) is 9.61. The smallest absolute Gasteiger partial charge is 0.328 e. The third kappa shape index (κ3) is 3.96. The maximum Gasteiger partial charge on any atom is 0.328 e. The van der Waals surface area contributed by atoms with Crippen molar-refractivity contribution in [1.29, 1.82) is 0 Å². The molecule has 0 aliphatic carbocycles. The fourth-order valence-electron chi connectivity index (χ4n) is 1.28. The molecule has 0 atom stereocenters. The summed E-state index contributed by atoms with van der Waals surface area (Å²) in [5.74, 6) is -0.355. The van der Waals surface area contributed by atoms with E-state index in [1.54, 1.807) is 25.3 Å². The number of methoxy groups -OCH3 is 1. The molecular weight excluding hydrogens is 240 g/mol. The van der Waals surface area contributed by atoms with E-state index in [-0.39, 0.29) is 0 Å². The van der Waals surface area contributed by atoms with Gasteiger partial charge in [0.1, 0.15) is 5.75 Å². The van der Waals surface area contributed by atoms with Gasteiger partial charge in [0, 0.05) is 6.08 Å². The molecule has 0 radical (unpaired) electrons. The average Bonchev–Trinajstić information content (AvgIpc) is 2.28. The minimum atomic E-state index is -0.971. The molecule has 0 spiro atoms. The Morgan fingerprint density at radius 3 is 2.71 bits per heavy atom. The Balaban J connectivity index is 2.93. The van der Waals surface area contributed by atoms with Crippen LogP contribution in [-0.2, 0) is 4.79 Å². The zero-order valence-corrected chi connectivity index (χ0v) is 10.4. The van der Waals surface area contributed by atoms with E-state index in [4.69, 9.17) is 21.4 Å². The molecule has 90 valence electrons. The molecule has 1 aromatic carbocycles. The van der Waals surface area contributed by atoms with Gasteiger partial charge in [-0.1, -0.05) is 29.8 Å². The van der Waals surface area contributed by atoms with E-state index in [0.29, 0.717) is 10.8 Å². The SMILES string of the molecule is COc1ccc(/C(C)=C/C=C/C(=O)O)cc1Cl. The molecule has 0 fully saturated rings. The van der Waals surface area contributed by atoms with Crippen molar-refractivity contribution in [1.82, 2.24) is 0 Å². The summed E-state index contributed by atoms with van der Waals surface area (Å²) in [7, 11) is 1.55. The third-order valence-electron chi connectivity index (χ3n) is 2.19. The largest absolute Gasteiger partial charge is 0.495 e. The van der Waals surface area contributed by atoms with Crippen molar-refractivity contribution in [2.45, 2.75) is 6.92 Å². The summed E-state index contributed by atoms with van der Waals surface area (Å²) < 4.78 is 5.05. The predicted octanol–water partition coefficient (Wildman–Crippen LogP) is 3.39. The quantitative estimate of drug-likeness (QED) is 0.660. The molecular formula is C13H13ClO3. The van der Waals surface area contributed by atoms with Crippen molar-refractivity contribution >= 4 is 23.1 Å².